The molecule has 0 amide bonds. The van der Waals surface area contributed by atoms with E-state index in [-0.39, 0.29) is 5.92 Å². The number of hydrogen-bond acceptors (Lipinski definition) is 3. The Balaban J connectivity index is 1.87. The van der Waals surface area contributed by atoms with Crippen molar-refractivity contribution in [2.75, 3.05) is 6.61 Å². The second-order valence-electron chi connectivity index (χ2n) is 6.10. The van der Waals surface area contributed by atoms with Crippen molar-refractivity contribution in [3.05, 3.63) is 29.8 Å². The third kappa shape index (κ3) is 4.51. The zero-order valence-corrected chi connectivity index (χ0v) is 12.1. The normalized spacial score (nSPS) is 18.4. The Morgan fingerprint density at radius 1 is 1.42 bits per heavy atom. The van der Waals surface area contributed by atoms with Crippen LogP contribution < -0.4 is 10.1 Å². The van der Waals surface area contributed by atoms with Crippen molar-refractivity contribution in [1.82, 2.24) is 5.32 Å². The molecule has 1 unspecified atom stereocenters. The number of benzene rings is 1. The van der Waals surface area contributed by atoms with Crippen LogP contribution in [0.15, 0.2) is 24.3 Å². The number of aliphatic hydroxyl groups is 1. The fourth-order valence-corrected chi connectivity index (χ4v) is 1.69. The molecule has 3 heteroatoms. The van der Waals surface area contributed by atoms with E-state index in [2.05, 4.69) is 11.4 Å². The lowest BCUT2D eigenvalue weighted by Crippen LogP contribution is -2.37. The summed E-state index contributed by atoms with van der Waals surface area (Å²) in [6, 6.07) is 8.81. The zero-order valence-electron chi connectivity index (χ0n) is 12.1. The molecule has 1 aliphatic rings. The summed E-state index contributed by atoms with van der Waals surface area (Å²) in [6.45, 7) is 7.03. The molecule has 0 saturated heterocycles. The van der Waals surface area contributed by atoms with Crippen LogP contribution in [-0.4, -0.2) is 23.4 Å². The van der Waals surface area contributed by atoms with Crippen LogP contribution in [0.1, 0.15) is 39.2 Å². The average molecular weight is 263 g/mol. The van der Waals surface area contributed by atoms with E-state index in [0.717, 1.165) is 12.3 Å². The maximum Gasteiger partial charge on any atom is 0.119 e. The van der Waals surface area contributed by atoms with Gasteiger partial charge in [-0.3, -0.25) is 0 Å². The van der Waals surface area contributed by atoms with Crippen LogP contribution in [0.4, 0.5) is 0 Å². The molecular weight excluding hydrogens is 238 g/mol. The number of ether oxygens (including phenoxy) is 1. The van der Waals surface area contributed by atoms with Gasteiger partial charge in [0.1, 0.15) is 12.4 Å². The van der Waals surface area contributed by atoms with Crippen molar-refractivity contribution in [2.24, 2.45) is 5.92 Å². The van der Waals surface area contributed by atoms with Crippen LogP contribution in [0.3, 0.4) is 0 Å². The highest BCUT2D eigenvalue weighted by molar-refractivity contribution is 5.28. The molecule has 2 N–H and O–H groups in total. The lowest BCUT2D eigenvalue weighted by atomic mass is 9.94. The van der Waals surface area contributed by atoms with Gasteiger partial charge in [-0.1, -0.05) is 26.0 Å². The Hall–Kier alpha value is -1.06. The lowest BCUT2D eigenvalue weighted by Gasteiger charge is -2.27. The summed E-state index contributed by atoms with van der Waals surface area (Å²) in [6.07, 6.45) is 2.60. The van der Waals surface area contributed by atoms with E-state index in [1.807, 2.05) is 39.0 Å². The van der Waals surface area contributed by atoms with Crippen molar-refractivity contribution < 1.29 is 9.84 Å². The first-order valence-electron chi connectivity index (χ1n) is 7.15. The van der Waals surface area contributed by atoms with Crippen molar-refractivity contribution in [1.29, 1.82) is 0 Å². The summed E-state index contributed by atoms with van der Waals surface area (Å²) in [5, 5.41) is 13.7. The highest BCUT2D eigenvalue weighted by Crippen LogP contribution is 2.22. The van der Waals surface area contributed by atoms with Crippen LogP contribution >= 0.6 is 0 Å². The van der Waals surface area contributed by atoms with Gasteiger partial charge in [0.25, 0.3) is 0 Å². The molecule has 1 atom stereocenters. The number of hydrogen-bond donors (Lipinski definition) is 2. The third-order valence-corrected chi connectivity index (χ3v) is 3.85. The molecule has 2 rings (SSSR count). The summed E-state index contributed by atoms with van der Waals surface area (Å²) >= 11 is 0. The van der Waals surface area contributed by atoms with Gasteiger partial charge in [0.05, 0.1) is 5.60 Å². The van der Waals surface area contributed by atoms with Crippen molar-refractivity contribution in [2.45, 2.75) is 51.8 Å². The predicted molar refractivity (Wildman–Crippen MR) is 77.3 cm³/mol. The zero-order chi connectivity index (χ0) is 13.9. The fraction of sp³-hybridized carbons (Fsp3) is 0.625. The van der Waals surface area contributed by atoms with Gasteiger partial charge in [0, 0.05) is 12.6 Å². The molecule has 106 valence electrons. The molecule has 1 aliphatic carbocycles. The minimum atomic E-state index is -0.789. The van der Waals surface area contributed by atoms with Gasteiger partial charge >= 0.3 is 0 Å². The van der Waals surface area contributed by atoms with Gasteiger partial charge in [-0.25, -0.2) is 0 Å². The minimum absolute atomic E-state index is 0.173. The highest BCUT2D eigenvalue weighted by atomic mass is 16.5. The van der Waals surface area contributed by atoms with E-state index in [0.29, 0.717) is 12.6 Å². The van der Waals surface area contributed by atoms with Gasteiger partial charge in [0.2, 0.25) is 0 Å². The first kappa shape index (κ1) is 14.4. The maximum atomic E-state index is 10.2. The highest BCUT2D eigenvalue weighted by Gasteiger charge is 2.25. The second kappa shape index (κ2) is 5.93. The van der Waals surface area contributed by atoms with Crippen molar-refractivity contribution in [3.8, 4) is 5.75 Å². The Labute approximate surface area is 116 Å². The van der Waals surface area contributed by atoms with E-state index >= 15 is 0 Å². The number of rotatable bonds is 7. The summed E-state index contributed by atoms with van der Waals surface area (Å²) in [5.41, 5.74) is 0.441. The average Bonchev–Trinajstić information content (AvgIpc) is 3.18. The van der Waals surface area contributed by atoms with Gasteiger partial charge in [-0.2, -0.15) is 0 Å². The molecule has 19 heavy (non-hydrogen) atoms. The molecule has 0 heterocycles. The molecule has 3 nitrogen and oxygen atoms in total. The van der Waals surface area contributed by atoms with Crippen molar-refractivity contribution >= 4 is 0 Å². The molecule has 1 saturated carbocycles. The van der Waals surface area contributed by atoms with E-state index in [4.69, 9.17) is 4.74 Å². The van der Waals surface area contributed by atoms with Crippen molar-refractivity contribution in [3.63, 3.8) is 0 Å². The van der Waals surface area contributed by atoms with E-state index in [1.54, 1.807) is 0 Å². The van der Waals surface area contributed by atoms with Crippen LogP contribution in [0.5, 0.6) is 5.75 Å². The first-order valence-corrected chi connectivity index (χ1v) is 7.15. The first-order chi connectivity index (χ1) is 8.97. The summed E-state index contributed by atoms with van der Waals surface area (Å²) in [5.74, 6) is 1.00. The van der Waals surface area contributed by atoms with Gasteiger partial charge in [-0.15, -0.1) is 0 Å². The molecule has 1 aromatic rings. The number of nitrogens with one attached hydrogen (secondary N) is 1. The van der Waals surface area contributed by atoms with Gasteiger partial charge < -0.3 is 15.2 Å². The predicted octanol–water partition coefficient (Wildman–Crippen LogP) is 2.72. The van der Waals surface area contributed by atoms with Gasteiger partial charge in [-0.05, 0) is 43.4 Å². The monoisotopic (exact) mass is 263 g/mol. The Morgan fingerprint density at radius 2 is 2.16 bits per heavy atom. The van der Waals surface area contributed by atoms with E-state index < -0.39 is 5.60 Å². The maximum absolute atomic E-state index is 10.2. The third-order valence-electron chi connectivity index (χ3n) is 3.85. The fourth-order valence-electron chi connectivity index (χ4n) is 1.69. The Kier molecular flexibility index (Phi) is 4.48. The smallest absolute Gasteiger partial charge is 0.119 e. The molecule has 0 aromatic heterocycles. The molecule has 0 radical (unpaired) electrons. The quantitative estimate of drug-likeness (QED) is 0.795. The Morgan fingerprint density at radius 3 is 2.79 bits per heavy atom. The van der Waals surface area contributed by atoms with Crippen LogP contribution in [0.2, 0.25) is 0 Å². The van der Waals surface area contributed by atoms with Gasteiger partial charge in [0.15, 0.2) is 0 Å². The largest absolute Gasteiger partial charge is 0.491 e. The SMILES string of the molecule is CC(C)C(C)(O)COc1cccc(CNC2CC2)c1. The molecule has 1 fully saturated rings. The standard InChI is InChI=1S/C16H25NO2/c1-12(2)16(3,18)11-19-15-6-4-5-13(9-15)10-17-14-7-8-14/h4-6,9,12,14,17-18H,7-8,10-11H2,1-3H3. The van der Waals surface area contributed by atoms with Crippen LogP contribution in [0.25, 0.3) is 0 Å². The summed E-state index contributed by atoms with van der Waals surface area (Å²) in [4.78, 5) is 0. The summed E-state index contributed by atoms with van der Waals surface area (Å²) in [7, 11) is 0. The molecule has 1 aromatic carbocycles. The lowest BCUT2D eigenvalue weighted by molar-refractivity contribution is -0.0266. The molecule has 0 aliphatic heterocycles. The second-order valence-corrected chi connectivity index (χ2v) is 6.10. The summed E-state index contributed by atoms with van der Waals surface area (Å²) < 4.78 is 5.72. The molecule has 0 bridgehead atoms. The molecular formula is C16H25NO2. The van der Waals surface area contributed by atoms with E-state index in [9.17, 15) is 5.11 Å². The Bertz CT molecular complexity index is 411. The minimum Gasteiger partial charge on any atom is -0.491 e. The van der Waals surface area contributed by atoms with E-state index in [1.165, 1.54) is 18.4 Å². The van der Waals surface area contributed by atoms with Crippen LogP contribution in [0, 0.1) is 5.92 Å². The topological polar surface area (TPSA) is 41.5 Å². The van der Waals surface area contributed by atoms with Crippen LogP contribution in [-0.2, 0) is 6.54 Å². The molecule has 0 spiro atoms.